The van der Waals surface area contributed by atoms with Gasteiger partial charge in [0.1, 0.15) is 11.4 Å². The van der Waals surface area contributed by atoms with E-state index in [1.54, 1.807) is 6.08 Å². The quantitative estimate of drug-likeness (QED) is 0.0673. The fourth-order valence-electron chi connectivity index (χ4n) is 8.84. The highest BCUT2D eigenvalue weighted by molar-refractivity contribution is 6.18. The van der Waals surface area contributed by atoms with Crippen molar-refractivity contribution >= 4 is 46.8 Å². The lowest BCUT2D eigenvalue weighted by Gasteiger charge is -2.55. The number of allylic oxidation sites excluding steroid dienone is 5. The minimum Gasteiger partial charge on any atom is -0.454 e. The summed E-state index contributed by atoms with van der Waals surface area (Å²) < 4.78 is 17.1. The Bertz CT molecular complexity index is 1480. The van der Waals surface area contributed by atoms with Gasteiger partial charge in [0, 0.05) is 62.6 Å². The van der Waals surface area contributed by atoms with Crippen LogP contribution in [0.2, 0.25) is 0 Å². The molecule has 6 atom stereocenters. The molecule has 1 aromatic rings. The first-order valence-electron chi connectivity index (χ1n) is 17.3. The molecule has 0 amide bonds. The summed E-state index contributed by atoms with van der Waals surface area (Å²) in [7, 11) is 0. The van der Waals surface area contributed by atoms with Crippen molar-refractivity contribution in [2.75, 3.05) is 29.7 Å². The molecular formula is C39H49Cl2NO6. The van der Waals surface area contributed by atoms with E-state index in [1.807, 2.05) is 0 Å². The summed E-state index contributed by atoms with van der Waals surface area (Å²) in [6.07, 6.45) is 18.1. The monoisotopic (exact) mass is 697 g/mol. The van der Waals surface area contributed by atoms with E-state index < -0.39 is 17.0 Å². The zero-order valence-electron chi connectivity index (χ0n) is 28.6. The largest absolute Gasteiger partial charge is 0.454 e. The number of halogens is 2. The van der Waals surface area contributed by atoms with Crippen molar-refractivity contribution in [1.82, 2.24) is 0 Å². The molecule has 0 bridgehead atoms. The Morgan fingerprint density at radius 3 is 2.42 bits per heavy atom. The topological polar surface area (TPSA) is 82.1 Å². The molecule has 4 aliphatic rings. The maximum absolute atomic E-state index is 12.9. The number of rotatable bonds is 13. The molecule has 260 valence electrons. The van der Waals surface area contributed by atoms with Crippen LogP contribution in [0.15, 0.2) is 72.2 Å². The Labute approximate surface area is 295 Å². The average molecular weight is 699 g/mol. The second kappa shape index (κ2) is 15.2. The number of fused-ring (bicyclic) bond motifs is 5. The summed E-state index contributed by atoms with van der Waals surface area (Å²) in [4.78, 5) is 38.8. The number of ether oxygens (including phenoxy) is 3. The number of carbonyl (C=O) groups excluding carboxylic acids is 3. The number of hydrogen-bond donors (Lipinski definition) is 0. The van der Waals surface area contributed by atoms with Gasteiger partial charge < -0.3 is 19.1 Å². The van der Waals surface area contributed by atoms with E-state index in [-0.39, 0.29) is 23.3 Å². The molecule has 7 nitrogen and oxygen atoms in total. The predicted octanol–water partition coefficient (Wildman–Crippen LogP) is 8.45. The predicted molar refractivity (Wildman–Crippen MR) is 190 cm³/mol. The molecule has 0 radical (unpaired) electrons. The van der Waals surface area contributed by atoms with Crippen LogP contribution in [0.5, 0.6) is 0 Å². The van der Waals surface area contributed by atoms with Crippen LogP contribution < -0.4 is 4.90 Å². The van der Waals surface area contributed by atoms with Crippen LogP contribution in [0.25, 0.3) is 0 Å². The molecule has 0 aromatic heterocycles. The second-order valence-electron chi connectivity index (χ2n) is 14.2. The third kappa shape index (κ3) is 7.42. The van der Waals surface area contributed by atoms with E-state index in [9.17, 15) is 14.4 Å². The van der Waals surface area contributed by atoms with Gasteiger partial charge in [-0.1, -0.05) is 44.2 Å². The van der Waals surface area contributed by atoms with Crippen molar-refractivity contribution in [3.63, 3.8) is 0 Å². The Balaban J connectivity index is 1.21. The molecule has 0 N–H and O–H groups in total. The maximum atomic E-state index is 12.9. The van der Waals surface area contributed by atoms with Crippen LogP contribution in [-0.4, -0.2) is 48.4 Å². The molecule has 0 spiro atoms. The Kier molecular flexibility index (Phi) is 11.5. The molecule has 9 heteroatoms. The smallest absolute Gasteiger partial charge is 0.310 e. The molecule has 48 heavy (non-hydrogen) atoms. The van der Waals surface area contributed by atoms with E-state index in [0.29, 0.717) is 42.9 Å². The van der Waals surface area contributed by atoms with Crippen LogP contribution in [-0.2, 0) is 35.0 Å². The van der Waals surface area contributed by atoms with Gasteiger partial charge in [0.25, 0.3) is 0 Å². The van der Waals surface area contributed by atoms with Crippen molar-refractivity contribution in [3.05, 3.63) is 77.8 Å². The van der Waals surface area contributed by atoms with Crippen LogP contribution in [0.1, 0.15) is 78.2 Å². The number of hydrogen-bond acceptors (Lipinski definition) is 7. The van der Waals surface area contributed by atoms with Gasteiger partial charge in [-0.3, -0.25) is 14.4 Å². The van der Waals surface area contributed by atoms with Crippen molar-refractivity contribution in [1.29, 1.82) is 0 Å². The van der Waals surface area contributed by atoms with Crippen molar-refractivity contribution in [3.8, 4) is 0 Å². The van der Waals surface area contributed by atoms with Gasteiger partial charge in [0.2, 0.25) is 0 Å². The van der Waals surface area contributed by atoms with Crippen molar-refractivity contribution in [2.24, 2.45) is 28.6 Å². The first-order chi connectivity index (χ1) is 22.9. The van der Waals surface area contributed by atoms with E-state index in [0.717, 1.165) is 56.6 Å². The number of anilines is 1. The molecular weight excluding hydrogens is 649 g/mol. The number of aryl methyl sites for hydroxylation is 1. The number of alkyl halides is 2. The summed E-state index contributed by atoms with van der Waals surface area (Å²) in [6, 6.07) is 8.39. The third-order valence-corrected chi connectivity index (χ3v) is 11.7. The van der Waals surface area contributed by atoms with Crippen molar-refractivity contribution in [2.45, 2.75) is 84.7 Å². The summed E-state index contributed by atoms with van der Waals surface area (Å²) in [5, 5.41) is 0. The molecule has 5 rings (SSSR count). The molecule has 1 aromatic carbocycles. The Hall–Kier alpha value is -3.03. The molecule has 1 fully saturated rings. The average Bonchev–Trinajstić information content (AvgIpc) is 3.32. The molecule has 0 aliphatic heterocycles. The second-order valence-corrected chi connectivity index (χ2v) is 14.9. The van der Waals surface area contributed by atoms with Gasteiger partial charge in [-0.25, -0.2) is 0 Å². The van der Waals surface area contributed by atoms with E-state index >= 15 is 0 Å². The molecule has 0 heterocycles. The van der Waals surface area contributed by atoms with Crippen LogP contribution in [0, 0.1) is 28.6 Å². The van der Waals surface area contributed by atoms with E-state index in [4.69, 9.17) is 37.4 Å². The third-order valence-electron chi connectivity index (χ3n) is 11.3. The van der Waals surface area contributed by atoms with Crippen LogP contribution >= 0.6 is 23.2 Å². The van der Waals surface area contributed by atoms with Gasteiger partial charge in [0.15, 0.2) is 0 Å². The number of esters is 3. The first-order valence-corrected chi connectivity index (χ1v) is 18.3. The lowest BCUT2D eigenvalue weighted by atomic mass is 9.50. The Morgan fingerprint density at radius 2 is 1.75 bits per heavy atom. The fourth-order valence-corrected chi connectivity index (χ4v) is 9.24. The highest BCUT2D eigenvalue weighted by Gasteiger charge is 2.63. The molecule has 0 saturated heterocycles. The summed E-state index contributed by atoms with van der Waals surface area (Å²) in [5.74, 6) is 1.88. The van der Waals surface area contributed by atoms with Gasteiger partial charge in [0.05, 0.1) is 6.26 Å². The highest BCUT2D eigenvalue weighted by atomic mass is 35.5. The maximum Gasteiger partial charge on any atom is 0.310 e. The summed E-state index contributed by atoms with van der Waals surface area (Å²) in [5.41, 5.74) is 2.14. The van der Waals surface area contributed by atoms with Crippen LogP contribution in [0.4, 0.5) is 5.69 Å². The molecule has 1 saturated carbocycles. The number of benzene rings is 1. The van der Waals surface area contributed by atoms with Gasteiger partial charge in [-0.15, -0.1) is 23.2 Å². The van der Waals surface area contributed by atoms with Gasteiger partial charge in [-0.05, 0) is 97.1 Å². The minimum atomic E-state index is -0.877. The number of carbonyl (C=O) groups is 3. The summed E-state index contributed by atoms with van der Waals surface area (Å²) >= 11 is 11.9. The highest BCUT2D eigenvalue weighted by Crippen LogP contribution is 2.65. The van der Waals surface area contributed by atoms with Crippen molar-refractivity contribution < 1.29 is 28.6 Å². The van der Waals surface area contributed by atoms with Gasteiger partial charge >= 0.3 is 17.9 Å². The summed E-state index contributed by atoms with van der Waals surface area (Å²) in [6.45, 7) is 8.80. The van der Waals surface area contributed by atoms with E-state index in [2.05, 4.69) is 67.3 Å². The fraction of sp³-hybridized carbons (Fsp3) is 0.564. The minimum absolute atomic E-state index is 0.0772. The number of nitrogens with zero attached hydrogens (tertiary/aromatic N) is 1. The van der Waals surface area contributed by atoms with Gasteiger partial charge in [-0.2, -0.15) is 0 Å². The molecule has 0 unspecified atom stereocenters. The lowest BCUT2D eigenvalue weighted by Crippen LogP contribution is -2.52. The zero-order chi connectivity index (χ0) is 34.5. The first kappa shape index (κ1) is 36.3. The lowest BCUT2D eigenvalue weighted by molar-refractivity contribution is -0.161. The molecule has 4 aliphatic carbocycles. The SMILES string of the molecule is CC(=O)OC=C[C@@]1(OC(C)=O)CC[C@H]2[C@@H]3CC=C4C=C(OC(=O)CCCc5ccc(N(CCCl)CCCl)cc5)CC[C@]4(C)[C@H]3C=C[C@@]21C. The Morgan fingerprint density at radius 1 is 1.02 bits per heavy atom. The van der Waals surface area contributed by atoms with E-state index in [1.165, 1.54) is 31.2 Å². The van der Waals surface area contributed by atoms with Crippen LogP contribution in [0.3, 0.4) is 0 Å². The normalized spacial score (nSPS) is 30.4. The zero-order valence-corrected chi connectivity index (χ0v) is 30.2. The standard InChI is InChI=1S/C39H49Cl2NO6/c1-27(43)46-25-20-39(48-28(2)44)19-16-35-33-13-10-30-26-32(14-17-37(30,3)34(33)15-18-38(35,39)4)47-36(45)7-5-6-29-8-11-31(12-9-29)42(23-21-40)24-22-41/h8-12,15,18,20,25-26,33-35H,5-7,13-14,16-17,19,21-24H2,1-4H3/t33-,34+,35+,37+,38+,39+/m1/s1.